The van der Waals surface area contributed by atoms with Crippen LogP contribution in [-0.4, -0.2) is 0 Å². The first kappa shape index (κ1) is 19.8. The van der Waals surface area contributed by atoms with E-state index in [2.05, 4.69) is 118 Å². The van der Waals surface area contributed by atoms with Gasteiger partial charge in [0.2, 0.25) is 0 Å². The topological polar surface area (TPSA) is 16.4 Å². The number of hydrogen-bond donors (Lipinski definition) is 0. The maximum atomic E-state index is 6.11. The fourth-order valence-electron chi connectivity index (χ4n) is 4.75. The highest BCUT2D eigenvalue weighted by molar-refractivity contribution is 9.10. The lowest BCUT2D eigenvalue weighted by atomic mass is 10.1. The van der Waals surface area contributed by atoms with Crippen molar-refractivity contribution in [2.45, 2.75) is 0 Å². The first-order chi connectivity index (χ1) is 16.7. The SMILES string of the molecule is Brc1ccc2oc3ccc(N(c4ccccc4)c4ccc5c(c4)sc4ccccc45)cc3c2c1. The molecule has 0 N–H and O–H groups in total. The van der Waals surface area contributed by atoms with E-state index in [1.165, 1.54) is 20.2 Å². The summed E-state index contributed by atoms with van der Waals surface area (Å²) < 4.78 is 9.76. The molecule has 0 aliphatic carbocycles. The van der Waals surface area contributed by atoms with Gasteiger partial charge in [-0.1, -0.05) is 58.4 Å². The van der Waals surface area contributed by atoms with Crippen LogP contribution in [0.1, 0.15) is 0 Å². The van der Waals surface area contributed by atoms with Crippen LogP contribution >= 0.6 is 27.3 Å². The number of furan rings is 1. The summed E-state index contributed by atoms with van der Waals surface area (Å²) in [5.41, 5.74) is 5.15. The Balaban J connectivity index is 1.46. The Labute approximate surface area is 208 Å². The molecular formula is C30H18BrNOS. The highest BCUT2D eigenvalue weighted by Gasteiger charge is 2.16. The molecule has 0 saturated carbocycles. The molecule has 0 atom stereocenters. The quantitative estimate of drug-likeness (QED) is 0.230. The molecule has 5 aromatic carbocycles. The highest BCUT2D eigenvalue weighted by atomic mass is 79.9. The third-order valence-corrected chi connectivity index (χ3v) is 7.93. The molecule has 162 valence electrons. The average Bonchev–Trinajstić information content (AvgIpc) is 3.42. The van der Waals surface area contributed by atoms with Gasteiger partial charge in [-0.15, -0.1) is 11.3 Å². The van der Waals surface area contributed by atoms with E-state index in [-0.39, 0.29) is 0 Å². The van der Waals surface area contributed by atoms with Gasteiger partial charge in [-0.2, -0.15) is 0 Å². The Kier molecular flexibility index (Phi) is 4.51. The summed E-state index contributed by atoms with van der Waals surface area (Å²) in [4.78, 5) is 2.32. The molecule has 0 fully saturated rings. The van der Waals surface area contributed by atoms with Crippen molar-refractivity contribution in [2.24, 2.45) is 0 Å². The Morgan fingerprint density at radius 3 is 2.09 bits per heavy atom. The molecule has 2 heterocycles. The van der Waals surface area contributed by atoms with Crippen molar-refractivity contribution in [3.05, 3.63) is 114 Å². The van der Waals surface area contributed by atoms with Crippen molar-refractivity contribution in [2.75, 3.05) is 4.90 Å². The highest BCUT2D eigenvalue weighted by Crippen LogP contribution is 2.42. The van der Waals surface area contributed by atoms with Gasteiger partial charge in [0.05, 0.1) is 0 Å². The Morgan fingerprint density at radius 2 is 1.21 bits per heavy atom. The summed E-state index contributed by atoms with van der Waals surface area (Å²) in [7, 11) is 0. The number of anilines is 3. The van der Waals surface area contributed by atoms with Crippen LogP contribution in [0.25, 0.3) is 42.1 Å². The van der Waals surface area contributed by atoms with Gasteiger partial charge in [0.15, 0.2) is 0 Å². The largest absolute Gasteiger partial charge is 0.456 e. The van der Waals surface area contributed by atoms with E-state index in [1.807, 2.05) is 23.5 Å². The second-order valence-corrected chi connectivity index (χ2v) is 10.4. The lowest BCUT2D eigenvalue weighted by Gasteiger charge is -2.25. The second-order valence-electron chi connectivity index (χ2n) is 8.37. The van der Waals surface area contributed by atoms with Gasteiger partial charge in [0.1, 0.15) is 11.2 Å². The van der Waals surface area contributed by atoms with Crippen LogP contribution in [0.15, 0.2) is 118 Å². The summed E-state index contributed by atoms with van der Waals surface area (Å²) >= 11 is 5.45. The van der Waals surface area contributed by atoms with Gasteiger partial charge in [-0.05, 0) is 66.7 Å². The van der Waals surface area contributed by atoms with Crippen LogP contribution < -0.4 is 4.90 Å². The number of hydrogen-bond acceptors (Lipinski definition) is 3. The number of para-hydroxylation sites is 1. The van der Waals surface area contributed by atoms with E-state index in [1.54, 1.807) is 0 Å². The number of fused-ring (bicyclic) bond motifs is 6. The zero-order valence-corrected chi connectivity index (χ0v) is 20.4. The molecule has 0 spiro atoms. The predicted molar refractivity (Wildman–Crippen MR) is 149 cm³/mol. The van der Waals surface area contributed by atoms with Crippen LogP contribution in [0.5, 0.6) is 0 Å². The Morgan fingerprint density at radius 1 is 0.529 bits per heavy atom. The van der Waals surface area contributed by atoms with Gasteiger partial charge < -0.3 is 9.32 Å². The molecule has 2 nitrogen and oxygen atoms in total. The molecule has 0 aliphatic rings. The van der Waals surface area contributed by atoms with Crippen molar-refractivity contribution in [3.8, 4) is 0 Å². The van der Waals surface area contributed by atoms with E-state index < -0.39 is 0 Å². The third kappa shape index (κ3) is 3.14. The minimum absolute atomic E-state index is 0.893. The van der Waals surface area contributed by atoms with Gasteiger partial charge >= 0.3 is 0 Å². The third-order valence-electron chi connectivity index (χ3n) is 6.31. The first-order valence-electron chi connectivity index (χ1n) is 11.1. The summed E-state index contributed by atoms with van der Waals surface area (Å²) in [5.74, 6) is 0. The normalized spacial score (nSPS) is 11.7. The maximum Gasteiger partial charge on any atom is 0.135 e. The second kappa shape index (κ2) is 7.73. The zero-order chi connectivity index (χ0) is 22.6. The molecule has 34 heavy (non-hydrogen) atoms. The standard InChI is InChI=1S/C30H18BrNOS/c31-19-10-14-27-25(16-19)26-17-21(12-15-28(26)33-27)32(20-6-2-1-3-7-20)22-11-13-24-23-8-4-5-9-29(23)34-30(24)18-22/h1-18H. The van der Waals surface area contributed by atoms with Crippen LogP contribution in [0.2, 0.25) is 0 Å². The summed E-state index contributed by atoms with van der Waals surface area (Å²) in [5, 5.41) is 4.84. The molecule has 0 unspecified atom stereocenters. The predicted octanol–water partition coefficient (Wildman–Crippen LogP) is 10.2. The lowest BCUT2D eigenvalue weighted by Crippen LogP contribution is -2.09. The van der Waals surface area contributed by atoms with Crippen molar-refractivity contribution in [3.63, 3.8) is 0 Å². The number of halogens is 1. The number of nitrogens with zero attached hydrogens (tertiary/aromatic N) is 1. The molecule has 4 heteroatoms. The molecule has 0 saturated heterocycles. The van der Waals surface area contributed by atoms with E-state index in [4.69, 9.17) is 4.42 Å². The molecule has 0 radical (unpaired) electrons. The fraction of sp³-hybridized carbons (Fsp3) is 0. The number of thiophene rings is 1. The van der Waals surface area contributed by atoms with Crippen LogP contribution in [0.3, 0.4) is 0 Å². The Bertz CT molecular complexity index is 1830. The number of rotatable bonds is 3. The zero-order valence-electron chi connectivity index (χ0n) is 18.0. The van der Waals surface area contributed by atoms with Crippen molar-refractivity contribution in [1.82, 2.24) is 0 Å². The average molecular weight is 520 g/mol. The summed E-state index contributed by atoms with van der Waals surface area (Å²) in [6.45, 7) is 0. The molecule has 7 aromatic rings. The van der Waals surface area contributed by atoms with E-state index in [0.717, 1.165) is 43.5 Å². The van der Waals surface area contributed by atoms with E-state index >= 15 is 0 Å². The molecule has 0 amide bonds. The molecule has 2 aromatic heterocycles. The van der Waals surface area contributed by atoms with Crippen molar-refractivity contribution in [1.29, 1.82) is 0 Å². The minimum Gasteiger partial charge on any atom is -0.456 e. The van der Waals surface area contributed by atoms with Crippen molar-refractivity contribution < 1.29 is 4.42 Å². The summed E-state index contributed by atoms with van der Waals surface area (Å²) in [6.07, 6.45) is 0. The fourth-order valence-corrected chi connectivity index (χ4v) is 6.25. The van der Waals surface area contributed by atoms with Gasteiger partial charge in [-0.25, -0.2) is 0 Å². The lowest BCUT2D eigenvalue weighted by molar-refractivity contribution is 0.669. The minimum atomic E-state index is 0.893. The monoisotopic (exact) mass is 519 g/mol. The van der Waals surface area contributed by atoms with Crippen LogP contribution in [0, 0.1) is 0 Å². The smallest absolute Gasteiger partial charge is 0.135 e. The maximum absolute atomic E-state index is 6.11. The molecular weight excluding hydrogens is 502 g/mol. The number of benzene rings is 5. The van der Waals surface area contributed by atoms with Crippen LogP contribution in [-0.2, 0) is 0 Å². The van der Waals surface area contributed by atoms with E-state index in [0.29, 0.717) is 0 Å². The summed E-state index contributed by atoms with van der Waals surface area (Å²) in [6, 6.07) is 38.6. The van der Waals surface area contributed by atoms with Gasteiger partial charge in [-0.3, -0.25) is 0 Å². The van der Waals surface area contributed by atoms with E-state index in [9.17, 15) is 0 Å². The van der Waals surface area contributed by atoms with Gasteiger partial charge in [0, 0.05) is 52.5 Å². The molecule has 0 aliphatic heterocycles. The van der Waals surface area contributed by atoms with Gasteiger partial charge in [0.25, 0.3) is 0 Å². The Hall–Kier alpha value is -3.60. The van der Waals surface area contributed by atoms with Crippen LogP contribution in [0.4, 0.5) is 17.1 Å². The molecule has 7 rings (SSSR count). The molecule has 0 bridgehead atoms. The first-order valence-corrected chi connectivity index (χ1v) is 12.7. The van der Waals surface area contributed by atoms with Crippen molar-refractivity contribution >= 4 is 86.4 Å².